The molecule has 4 rings (SSSR count). The highest BCUT2D eigenvalue weighted by atomic mass is 32.2. The lowest BCUT2D eigenvalue weighted by molar-refractivity contribution is 0.308. The molecule has 0 saturated carbocycles. The highest BCUT2D eigenvalue weighted by Gasteiger charge is 2.16. The lowest BCUT2D eigenvalue weighted by Gasteiger charge is -2.09. The van der Waals surface area contributed by atoms with E-state index in [4.69, 9.17) is 4.18 Å². The van der Waals surface area contributed by atoms with Crippen LogP contribution >= 0.6 is 11.3 Å². The van der Waals surface area contributed by atoms with Crippen molar-refractivity contribution < 1.29 is 12.6 Å². The first kappa shape index (κ1) is 17.9. The number of aromatic nitrogens is 1. The number of fused-ring (bicyclic) bond motifs is 1. The maximum absolute atomic E-state index is 12.3. The van der Waals surface area contributed by atoms with Gasteiger partial charge in [-0.05, 0) is 23.3 Å². The minimum Gasteiger partial charge on any atom is -0.265 e. The first-order valence-electron chi connectivity index (χ1n) is 8.46. The van der Waals surface area contributed by atoms with Gasteiger partial charge in [0, 0.05) is 5.56 Å². The summed E-state index contributed by atoms with van der Waals surface area (Å²) in [6.45, 7) is -0.0126. The molecule has 0 amide bonds. The molecule has 0 spiro atoms. The van der Waals surface area contributed by atoms with Crippen LogP contribution in [0.5, 0.6) is 0 Å². The number of thiazole rings is 1. The zero-order chi connectivity index (χ0) is 18.7. The molecular weight excluding hydrogens is 378 g/mol. The summed E-state index contributed by atoms with van der Waals surface area (Å²) in [4.78, 5) is 4.67. The fourth-order valence-corrected chi connectivity index (χ4v) is 4.83. The van der Waals surface area contributed by atoms with E-state index in [1.54, 1.807) is 23.5 Å². The van der Waals surface area contributed by atoms with Crippen molar-refractivity contribution in [3.05, 3.63) is 90.0 Å². The second kappa shape index (κ2) is 7.60. The molecule has 0 aliphatic rings. The van der Waals surface area contributed by atoms with Crippen LogP contribution in [0.3, 0.4) is 0 Å². The Labute approximate surface area is 162 Å². The molecule has 0 aliphatic carbocycles. The first-order valence-corrected chi connectivity index (χ1v) is 10.8. The van der Waals surface area contributed by atoms with Crippen molar-refractivity contribution in [2.75, 3.05) is 0 Å². The van der Waals surface area contributed by atoms with Crippen LogP contribution in [-0.4, -0.2) is 13.4 Å². The van der Waals surface area contributed by atoms with Crippen LogP contribution in [-0.2, 0) is 26.7 Å². The quantitative estimate of drug-likeness (QED) is 0.431. The van der Waals surface area contributed by atoms with Crippen LogP contribution in [0.25, 0.3) is 20.8 Å². The summed E-state index contributed by atoms with van der Waals surface area (Å²) < 4.78 is 31.1. The van der Waals surface area contributed by atoms with E-state index in [-0.39, 0.29) is 12.4 Å². The van der Waals surface area contributed by atoms with E-state index in [1.807, 2.05) is 66.7 Å². The van der Waals surface area contributed by atoms with E-state index in [9.17, 15) is 8.42 Å². The third kappa shape index (κ3) is 4.24. The number of benzene rings is 3. The SMILES string of the molecule is O=S(=O)(Cc1ccccc1)OCc1ccccc1-c1nc2ccccc2s1. The Bertz CT molecular complexity index is 1140. The monoisotopic (exact) mass is 395 g/mol. The van der Waals surface area contributed by atoms with Crippen LogP contribution in [0.1, 0.15) is 11.1 Å². The Balaban J connectivity index is 1.56. The van der Waals surface area contributed by atoms with Crippen molar-refractivity contribution in [3.63, 3.8) is 0 Å². The Morgan fingerprint density at radius 3 is 2.37 bits per heavy atom. The molecule has 4 nitrogen and oxygen atoms in total. The highest BCUT2D eigenvalue weighted by Crippen LogP contribution is 2.32. The molecule has 1 aromatic heterocycles. The zero-order valence-corrected chi connectivity index (χ0v) is 16.0. The molecule has 136 valence electrons. The topological polar surface area (TPSA) is 56.3 Å². The molecule has 0 saturated heterocycles. The summed E-state index contributed by atoms with van der Waals surface area (Å²) in [5.41, 5.74) is 3.34. The number of hydrogen-bond donors (Lipinski definition) is 0. The van der Waals surface area contributed by atoms with Gasteiger partial charge in [0.25, 0.3) is 10.1 Å². The molecule has 27 heavy (non-hydrogen) atoms. The summed E-state index contributed by atoms with van der Waals surface area (Å²) in [7, 11) is -3.67. The number of rotatable bonds is 6. The van der Waals surface area contributed by atoms with E-state index >= 15 is 0 Å². The minimum absolute atomic E-state index is 0.0126. The molecule has 0 unspecified atom stereocenters. The van der Waals surface area contributed by atoms with Crippen LogP contribution < -0.4 is 0 Å². The normalized spacial score (nSPS) is 11.7. The average molecular weight is 396 g/mol. The minimum atomic E-state index is -3.67. The lowest BCUT2D eigenvalue weighted by atomic mass is 10.1. The van der Waals surface area contributed by atoms with Crippen LogP contribution in [0.4, 0.5) is 0 Å². The van der Waals surface area contributed by atoms with Crippen molar-refractivity contribution in [2.45, 2.75) is 12.4 Å². The second-order valence-electron chi connectivity index (χ2n) is 6.09. The standard InChI is InChI=1S/C21H17NO3S2/c23-27(24,15-16-8-2-1-3-9-16)25-14-17-10-4-5-11-18(17)21-22-19-12-6-7-13-20(19)26-21/h1-13H,14-15H2. The van der Waals surface area contributed by atoms with Gasteiger partial charge in [0.1, 0.15) is 10.8 Å². The Morgan fingerprint density at radius 2 is 1.56 bits per heavy atom. The zero-order valence-electron chi connectivity index (χ0n) is 14.4. The van der Waals surface area contributed by atoms with Gasteiger partial charge >= 0.3 is 0 Å². The molecule has 0 radical (unpaired) electrons. The molecule has 6 heteroatoms. The summed E-state index contributed by atoms with van der Waals surface area (Å²) in [6, 6.07) is 24.6. The molecule has 3 aromatic carbocycles. The Hall–Kier alpha value is -2.54. The van der Waals surface area contributed by atoms with E-state index in [0.717, 1.165) is 26.4 Å². The number of hydrogen-bond acceptors (Lipinski definition) is 5. The summed E-state index contributed by atoms with van der Waals surface area (Å²) in [5, 5.41) is 0.857. The molecular formula is C21H17NO3S2. The Morgan fingerprint density at radius 1 is 0.852 bits per heavy atom. The van der Waals surface area contributed by atoms with Crippen LogP contribution in [0.2, 0.25) is 0 Å². The molecule has 4 aromatic rings. The van der Waals surface area contributed by atoms with Gasteiger partial charge in [-0.2, -0.15) is 8.42 Å². The van der Waals surface area contributed by atoms with E-state index in [2.05, 4.69) is 4.98 Å². The molecule has 0 aliphatic heterocycles. The maximum Gasteiger partial charge on any atom is 0.271 e. The lowest BCUT2D eigenvalue weighted by Crippen LogP contribution is -2.09. The molecule has 0 atom stereocenters. The van der Waals surface area contributed by atoms with Gasteiger partial charge in [-0.1, -0.05) is 66.7 Å². The van der Waals surface area contributed by atoms with Crippen molar-refractivity contribution in [2.24, 2.45) is 0 Å². The third-order valence-corrected chi connectivity index (χ3v) is 6.36. The van der Waals surface area contributed by atoms with Crippen molar-refractivity contribution in [1.29, 1.82) is 0 Å². The molecule has 0 N–H and O–H groups in total. The Kier molecular flexibility index (Phi) is 5.03. The fourth-order valence-electron chi connectivity index (χ4n) is 2.82. The van der Waals surface area contributed by atoms with Gasteiger partial charge in [0.05, 0.1) is 16.8 Å². The van der Waals surface area contributed by atoms with Gasteiger partial charge in [0.2, 0.25) is 0 Å². The summed E-state index contributed by atoms with van der Waals surface area (Å²) in [5.74, 6) is -0.142. The van der Waals surface area contributed by atoms with E-state index < -0.39 is 10.1 Å². The number of para-hydroxylation sites is 1. The first-order chi connectivity index (χ1) is 13.1. The van der Waals surface area contributed by atoms with Crippen LogP contribution in [0, 0.1) is 0 Å². The molecule has 0 bridgehead atoms. The van der Waals surface area contributed by atoms with Crippen molar-refractivity contribution in [1.82, 2.24) is 4.98 Å². The predicted molar refractivity (Wildman–Crippen MR) is 109 cm³/mol. The van der Waals surface area contributed by atoms with Gasteiger partial charge in [-0.15, -0.1) is 11.3 Å². The highest BCUT2D eigenvalue weighted by molar-refractivity contribution is 7.85. The fraction of sp³-hybridized carbons (Fsp3) is 0.0952. The smallest absolute Gasteiger partial charge is 0.265 e. The molecule has 1 heterocycles. The van der Waals surface area contributed by atoms with Gasteiger partial charge in [-0.3, -0.25) is 4.18 Å². The number of nitrogens with zero attached hydrogens (tertiary/aromatic N) is 1. The predicted octanol–water partition coefficient (Wildman–Crippen LogP) is 5.01. The third-order valence-electron chi connectivity index (χ3n) is 4.12. The second-order valence-corrected chi connectivity index (χ2v) is 8.76. The van der Waals surface area contributed by atoms with Gasteiger partial charge in [-0.25, -0.2) is 4.98 Å². The van der Waals surface area contributed by atoms with Crippen molar-refractivity contribution >= 4 is 31.7 Å². The summed E-state index contributed by atoms with van der Waals surface area (Å²) >= 11 is 1.58. The van der Waals surface area contributed by atoms with E-state index in [0.29, 0.717) is 5.56 Å². The van der Waals surface area contributed by atoms with E-state index in [1.165, 1.54) is 0 Å². The summed E-state index contributed by atoms with van der Waals surface area (Å²) in [6.07, 6.45) is 0. The largest absolute Gasteiger partial charge is 0.271 e. The van der Waals surface area contributed by atoms with Crippen LogP contribution in [0.15, 0.2) is 78.9 Å². The van der Waals surface area contributed by atoms with Gasteiger partial charge < -0.3 is 0 Å². The average Bonchev–Trinajstić information content (AvgIpc) is 3.11. The van der Waals surface area contributed by atoms with Crippen molar-refractivity contribution in [3.8, 4) is 10.6 Å². The van der Waals surface area contributed by atoms with Gasteiger partial charge in [0.15, 0.2) is 0 Å². The maximum atomic E-state index is 12.3. The molecule has 0 fully saturated rings.